The fraction of sp³-hybridized carbons (Fsp3) is 0.500. The molecule has 1 heterocycles. The van der Waals surface area contributed by atoms with Crippen LogP contribution in [0, 0.1) is 0 Å². The average Bonchev–Trinajstić information content (AvgIpc) is 2.43. The van der Waals surface area contributed by atoms with Crippen LogP contribution in [-0.4, -0.2) is 8.32 Å². The second kappa shape index (κ2) is 6.29. The molecule has 0 aliphatic rings. The van der Waals surface area contributed by atoms with Gasteiger partial charge in [-0.15, -0.1) is 0 Å². The highest BCUT2D eigenvalue weighted by molar-refractivity contribution is 6.78. The summed E-state index contributed by atoms with van der Waals surface area (Å²) in [6.07, 6.45) is 0. The van der Waals surface area contributed by atoms with Crippen LogP contribution in [0.3, 0.4) is 0 Å². The third-order valence-electron chi connectivity index (χ3n) is 4.60. The number of rotatable bonds is 5. The summed E-state index contributed by atoms with van der Waals surface area (Å²) in [6, 6.07) is 8.80. The van der Waals surface area contributed by atoms with Gasteiger partial charge in [-0.25, -0.2) is 0 Å². The van der Waals surface area contributed by atoms with Crippen LogP contribution in [0.2, 0.25) is 16.6 Å². The van der Waals surface area contributed by atoms with E-state index in [1.165, 1.54) is 6.07 Å². The number of para-hydroxylation sites is 1. The molecular weight excluding hydrogens is 292 g/mol. The lowest BCUT2D eigenvalue weighted by molar-refractivity contribution is 0.365. The van der Waals surface area contributed by atoms with E-state index in [1.807, 2.05) is 18.2 Å². The standard InChI is InChI=1S/C18H26O3Si/c1-12(2)22(13(3)4,14(5)6)21-18-11-16(19)15-9-7-8-10-17(15)20-18/h7-14H,1-6H3. The maximum absolute atomic E-state index is 12.3. The van der Waals surface area contributed by atoms with Crippen molar-refractivity contribution in [2.24, 2.45) is 0 Å². The lowest BCUT2D eigenvalue weighted by Crippen LogP contribution is -2.50. The topological polar surface area (TPSA) is 39.4 Å². The van der Waals surface area contributed by atoms with Gasteiger partial charge in [0, 0.05) is 0 Å². The molecule has 0 spiro atoms. The van der Waals surface area contributed by atoms with Gasteiger partial charge in [0.05, 0.1) is 11.5 Å². The van der Waals surface area contributed by atoms with Crippen molar-refractivity contribution in [1.29, 1.82) is 0 Å². The van der Waals surface area contributed by atoms with Crippen molar-refractivity contribution in [2.75, 3.05) is 0 Å². The zero-order valence-electron chi connectivity index (χ0n) is 14.3. The van der Waals surface area contributed by atoms with Crippen molar-refractivity contribution >= 4 is 19.3 Å². The molecule has 0 bridgehead atoms. The molecule has 4 heteroatoms. The van der Waals surface area contributed by atoms with Crippen molar-refractivity contribution < 1.29 is 8.84 Å². The molecule has 22 heavy (non-hydrogen) atoms. The summed E-state index contributed by atoms with van der Waals surface area (Å²) >= 11 is 0. The molecule has 3 nitrogen and oxygen atoms in total. The maximum atomic E-state index is 12.3. The average molecular weight is 318 g/mol. The van der Waals surface area contributed by atoms with Crippen LogP contribution in [0.15, 0.2) is 39.5 Å². The largest absolute Gasteiger partial charge is 0.518 e. The van der Waals surface area contributed by atoms with Crippen LogP contribution in [-0.2, 0) is 0 Å². The van der Waals surface area contributed by atoms with Crippen LogP contribution < -0.4 is 9.85 Å². The molecule has 0 radical (unpaired) electrons. The molecule has 0 aliphatic heterocycles. The van der Waals surface area contributed by atoms with E-state index in [2.05, 4.69) is 41.5 Å². The number of hydrogen-bond acceptors (Lipinski definition) is 3. The molecule has 0 N–H and O–H groups in total. The molecule has 120 valence electrons. The first-order chi connectivity index (χ1) is 10.3. The van der Waals surface area contributed by atoms with E-state index in [1.54, 1.807) is 6.07 Å². The summed E-state index contributed by atoms with van der Waals surface area (Å²) in [5.41, 5.74) is 1.85. The molecule has 2 aromatic rings. The van der Waals surface area contributed by atoms with Gasteiger partial charge in [-0.1, -0.05) is 53.7 Å². The minimum absolute atomic E-state index is 0.0454. The van der Waals surface area contributed by atoms with Crippen molar-refractivity contribution in [1.82, 2.24) is 0 Å². The molecular formula is C18H26O3Si. The minimum atomic E-state index is -2.11. The van der Waals surface area contributed by atoms with Gasteiger partial charge in [0.1, 0.15) is 5.58 Å². The molecule has 0 fully saturated rings. The number of hydrogen-bond donors (Lipinski definition) is 0. The first-order valence-corrected chi connectivity index (χ1v) is 10.1. The monoisotopic (exact) mass is 318 g/mol. The Kier molecular flexibility index (Phi) is 4.80. The zero-order valence-corrected chi connectivity index (χ0v) is 15.3. The molecule has 0 saturated heterocycles. The molecule has 0 aliphatic carbocycles. The Bertz CT molecular complexity index is 679. The highest BCUT2D eigenvalue weighted by Gasteiger charge is 2.47. The highest BCUT2D eigenvalue weighted by atomic mass is 28.4. The van der Waals surface area contributed by atoms with Gasteiger partial charge in [-0.05, 0) is 28.8 Å². The maximum Gasteiger partial charge on any atom is 0.274 e. The summed E-state index contributed by atoms with van der Waals surface area (Å²) in [5, 5.41) is 0.598. The number of fused-ring (bicyclic) bond motifs is 1. The lowest BCUT2D eigenvalue weighted by atomic mass is 10.2. The Morgan fingerprint density at radius 3 is 2.05 bits per heavy atom. The van der Waals surface area contributed by atoms with Gasteiger partial charge in [-0.3, -0.25) is 4.79 Å². The smallest absolute Gasteiger partial charge is 0.274 e. The van der Waals surface area contributed by atoms with Crippen LogP contribution in [0.5, 0.6) is 5.95 Å². The van der Waals surface area contributed by atoms with E-state index in [0.29, 0.717) is 33.5 Å². The third-order valence-corrected chi connectivity index (χ3v) is 10.6. The summed E-state index contributed by atoms with van der Waals surface area (Å²) < 4.78 is 12.3. The van der Waals surface area contributed by atoms with E-state index < -0.39 is 8.32 Å². The SMILES string of the molecule is CC(C)[Si](Oc1cc(=O)c2ccccc2o1)(C(C)C)C(C)C. The van der Waals surface area contributed by atoms with Crippen molar-refractivity contribution in [3.05, 3.63) is 40.6 Å². The fourth-order valence-corrected chi connectivity index (χ4v) is 8.82. The molecule has 0 amide bonds. The van der Waals surface area contributed by atoms with E-state index in [4.69, 9.17) is 8.84 Å². The van der Waals surface area contributed by atoms with Crippen LogP contribution in [0.1, 0.15) is 41.5 Å². The first kappa shape index (κ1) is 16.8. The van der Waals surface area contributed by atoms with E-state index >= 15 is 0 Å². The molecule has 1 aromatic heterocycles. The van der Waals surface area contributed by atoms with Crippen LogP contribution in [0.25, 0.3) is 11.0 Å². The minimum Gasteiger partial charge on any atom is -0.518 e. The summed E-state index contributed by atoms with van der Waals surface area (Å²) in [4.78, 5) is 12.3. The first-order valence-electron chi connectivity index (χ1n) is 8.01. The van der Waals surface area contributed by atoms with Crippen molar-refractivity contribution in [2.45, 2.75) is 58.2 Å². The van der Waals surface area contributed by atoms with Gasteiger partial charge in [0.25, 0.3) is 14.3 Å². The Morgan fingerprint density at radius 1 is 0.955 bits per heavy atom. The van der Waals surface area contributed by atoms with Gasteiger partial charge in [0.15, 0.2) is 5.43 Å². The molecule has 0 atom stereocenters. The van der Waals surface area contributed by atoms with E-state index in [0.717, 1.165) is 0 Å². The van der Waals surface area contributed by atoms with Crippen molar-refractivity contribution in [3.8, 4) is 5.95 Å². The molecule has 2 rings (SSSR count). The van der Waals surface area contributed by atoms with Gasteiger partial charge in [0.2, 0.25) is 0 Å². The highest BCUT2D eigenvalue weighted by Crippen LogP contribution is 2.42. The molecule has 0 unspecified atom stereocenters. The fourth-order valence-electron chi connectivity index (χ4n) is 3.66. The summed E-state index contributed by atoms with van der Waals surface area (Å²) in [5.74, 6) is 0.367. The lowest BCUT2D eigenvalue weighted by Gasteiger charge is -2.41. The molecule has 1 aromatic carbocycles. The Balaban J connectivity index is 2.53. The normalized spacial score (nSPS) is 12.6. The molecule has 0 saturated carbocycles. The van der Waals surface area contributed by atoms with Crippen molar-refractivity contribution in [3.63, 3.8) is 0 Å². The van der Waals surface area contributed by atoms with Gasteiger partial charge in [-0.2, -0.15) is 0 Å². The quantitative estimate of drug-likeness (QED) is 0.698. The second-order valence-corrected chi connectivity index (χ2v) is 12.2. The predicted octanol–water partition coefficient (Wildman–Crippen LogP) is 5.35. The second-order valence-electron chi connectivity index (χ2n) is 6.85. The van der Waals surface area contributed by atoms with Gasteiger partial charge < -0.3 is 8.84 Å². The van der Waals surface area contributed by atoms with E-state index in [9.17, 15) is 4.79 Å². The van der Waals surface area contributed by atoms with Crippen LogP contribution >= 0.6 is 0 Å². The third kappa shape index (κ3) is 2.84. The zero-order chi connectivity index (χ0) is 16.5. The summed E-state index contributed by atoms with van der Waals surface area (Å²) in [7, 11) is -2.11. The van der Waals surface area contributed by atoms with E-state index in [-0.39, 0.29) is 5.43 Å². The summed E-state index contributed by atoms with van der Waals surface area (Å²) in [6.45, 7) is 13.3. The van der Waals surface area contributed by atoms with Gasteiger partial charge >= 0.3 is 0 Å². The number of benzene rings is 1. The Labute approximate surface area is 133 Å². The Morgan fingerprint density at radius 2 is 1.50 bits per heavy atom. The Hall–Kier alpha value is -1.55. The predicted molar refractivity (Wildman–Crippen MR) is 94.2 cm³/mol. The van der Waals surface area contributed by atoms with Crippen LogP contribution in [0.4, 0.5) is 0 Å².